The van der Waals surface area contributed by atoms with Crippen molar-refractivity contribution in [2.24, 2.45) is 0 Å². The standard InChI is InChI=1S/C13H18N2/c1-13(2)9-15-11(8-14-13)7-10-5-3-4-6-12(10)15/h3-6,11,14H,7-9H2,1-2H3. The predicted octanol–water partition coefficient (Wildman–Crippen LogP) is 1.80. The molecule has 2 aliphatic rings. The third-order valence-electron chi connectivity index (χ3n) is 3.58. The van der Waals surface area contributed by atoms with Crippen molar-refractivity contribution >= 4 is 5.69 Å². The van der Waals surface area contributed by atoms with Crippen molar-refractivity contribution in [3.05, 3.63) is 29.8 Å². The first kappa shape index (κ1) is 9.22. The first-order chi connectivity index (χ1) is 7.16. The van der Waals surface area contributed by atoms with E-state index in [9.17, 15) is 0 Å². The Kier molecular flexibility index (Phi) is 1.84. The predicted molar refractivity (Wildman–Crippen MR) is 63.4 cm³/mol. The smallest absolute Gasteiger partial charge is 0.0456 e. The van der Waals surface area contributed by atoms with E-state index in [1.54, 1.807) is 0 Å². The summed E-state index contributed by atoms with van der Waals surface area (Å²) in [6, 6.07) is 9.50. The molecule has 15 heavy (non-hydrogen) atoms. The molecule has 2 heterocycles. The van der Waals surface area contributed by atoms with E-state index < -0.39 is 0 Å². The highest BCUT2D eigenvalue weighted by Crippen LogP contribution is 2.34. The second-order valence-electron chi connectivity index (χ2n) is 5.38. The van der Waals surface area contributed by atoms with E-state index in [1.165, 1.54) is 17.7 Å². The minimum Gasteiger partial charge on any atom is -0.365 e. The molecule has 0 saturated carbocycles. The lowest BCUT2D eigenvalue weighted by atomic mass is 9.99. The van der Waals surface area contributed by atoms with Crippen LogP contribution in [-0.2, 0) is 6.42 Å². The van der Waals surface area contributed by atoms with E-state index in [0.29, 0.717) is 6.04 Å². The summed E-state index contributed by atoms with van der Waals surface area (Å²) in [5.74, 6) is 0. The van der Waals surface area contributed by atoms with Crippen LogP contribution in [0.4, 0.5) is 5.69 Å². The highest BCUT2D eigenvalue weighted by molar-refractivity contribution is 5.60. The monoisotopic (exact) mass is 202 g/mol. The number of hydrogen-bond donors (Lipinski definition) is 1. The molecule has 1 atom stereocenters. The topological polar surface area (TPSA) is 15.3 Å². The van der Waals surface area contributed by atoms with Crippen molar-refractivity contribution < 1.29 is 0 Å². The largest absolute Gasteiger partial charge is 0.365 e. The van der Waals surface area contributed by atoms with Crippen molar-refractivity contribution in [2.75, 3.05) is 18.0 Å². The first-order valence-corrected chi connectivity index (χ1v) is 5.75. The van der Waals surface area contributed by atoms with Gasteiger partial charge in [-0.1, -0.05) is 18.2 Å². The van der Waals surface area contributed by atoms with Gasteiger partial charge in [0.15, 0.2) is 0 Å². The number of nitrogens with one attached hydrogen (secondary N) is 1. The Morgan fingerprint density at radius 2 is 2.13 bits per heavy atom. The molecule has 0 bridgehead atoms. The van der Waals surface area contributed by atoms with E-state index in [2.05, 4.69) is 48.3 Å². The number of para-hydroxylation sites is 1. The quantitative estimate of drug-likeness (QED) is 0.690. The Bertz CT molecular complexity index is 384. The fraction of sp³-hybridized carbons (Fsp3) is 0.538. The minimum atomic E-state index is 0.244. The van der Waals surface area contributed by atoms with Gasteiger partial charge in [-0.05, 0) is 31.9 Å². The number of rotatable bonds is 0. The molecule has 1 aromatic rings. The Balaban J connectivity index is 1.96. The van der Waals surface area contributed by atoms with Crippen LogP contribution in [-0.4, -0.2) is 24.7 Å². The normalized spacial score (nSPS) is 27.3. The average molecular weight is 202 g/mol. The first-order valence-electron chi connectivity index (χ1n) is 5.75. The summed E-state index contributed by atoms with van der Waals surface area (Å²) < 4.78 is 0. The summed E-state index contributed by atoms with van der Waals surface area (Å²) >= 11 is 0. The highest BCUT2D eigenvalue weighted by Gasteiger charge is 2.37. The van der Waals surface area contributed by atoms with Crippen molar-refractivity contribution in [3.63, 3.8) is 0 Å². The van der Waals surface area contributed by atoms with Gasteiger partial charge >= 0.3 is 0 Å². The number of benzene rings is 1. The summed E-state index contributed by atoms with van der Waals surface area (Å²) in [6.45, 7) is 6.80. The van der Waals surface area contributed by atoms with E-state index in [-0.39, 0.29) is 5.54 Å². The van der Waals surface area contributed by atoms with Crippen LogP contribution in [0.2, 0.25) is 0 Å². The Labute approximate surface area is 91.3 Å². The zero-order valence-electron chi connectivity index (χ0n) is 9.46. The van der Waals surface area contributed by atoms with E-state index >= 15 is 0 Å². The van der Waals surface area contributed by atoms with Crippen LogP contribution in [0.5, 0.6) is 0 Å². The number of anilines is 1. The third-order valence-corrected chi connectivity index (χ3v) is 3.58. The summed E-state index contributed by atoms with van der Waals surface area (Å²) in [6.07, 6.45) is 1.21. The molecule has 2 heteroatoms. The number of fused-ring (bicyclic) bond motifs is 3. The van der Waals surface area contributed by atoms with E-state index in [1.807, 2.05) is 0 Å². The van der Waals surface area contributed by atoms with Gasteiger partial charge in [0.25, 0.3) is 0 Å². The van der Waals surface area contributed by atoms with Crippen molar-refractivity contribution in [1.82, 2.24) is 5.32 Å². The Morgan fingerprint density at radius 1 is 1.33 bits per heavy atom. The molecule has 2 aliphatic heterocycles. The van der Waals surface area contributed by atoms with Gasteiger partial charge in [0.2, 0.25) is 0 Å². The minimum absolute atomic E-state index is 0.244. The van der Waals surface area contributed by atoms with Crippen molar-refractivity contribution in [3.8, 4) is 0 Å². The molecule has 0 amide bonds. The second-order valence-corrected chi connectivity index (χ2v) is 5.38. The Hall–Kier alpha value is -1.02. The summed E-state index contributed by atoms with van der Waals surface area (Å²) in [7, 11) is 0. The van der Waals surface area contributed by atoms with Gasteiger partial charge in [-0.15, -0.1) is 0 Å². The molecular weight excluding hydrogens is 184 g/mol. The SMILES string of the molecule is CC1(C)CN2c3ccccc3CC2CN1. The maximum absolute atomic E-state index is 3.62. The molecule has 1 fully saturated rings. The van der Waals surface area contributed by atoms with Crippen LogP contribution in [0.15, 0.2) is 24.3 Å². The highest BCUT2D eigenvalue weighted by atomic mass is 15.3. The molecule has 1 aromatic carbocycles. The lowest BCUT2D eigenvalue weighted by molar-refractivity contribution is 0.317. The molecule has 1 unspecified atom stereocenters. The molecule has 0 radical (unpaired) electrons. The maximum atomic E-state index is 3.62. The lowest BCUT2D eigenvalue weighted by Crippen LogP contribution is -2.60. The number of nitrogens with zero attached hydrogens (tertiary/aromatic N) is 1. The third kappa shape index (κ3) is 1.44. The fourth-order valence-corrected chi connectivity index (χ4v) is 2.80. The zero-order valence-corrected chi connectivity index (χ0v) is 9.46. The van der Waals surface area contributed by atoms with Crippen LogP contribution in [0.3, 0.4) is 0 Å². The molecule has 0 aromatic heterocycles. The van der Waals surface area contributed by atoms with Crippen molar-refractivity contribution in [2.45, 2.75) is 31.8 Å². The van der Waals surface area contributed by atoms with Crippen molar-refractivity contribution in [1.29, 1.82) is 0 Å². The van der Waals surface area contributed by atoms with E-state index in [4.69, 9.17) is 0 Å². The van der Waals surface area contributed by atoms with Gasteiger partial charge in [-0.25, -0.2) is 0 Å². The number of piperazine rings is 1. The molecule has 3 rings (SSSR count). The summed E-state index contributed by atoms with van der Waals surface area (Å²) in [5, 5.41) is 3.62. The molecular formula is C13H18N2. The number of hydrogen-bond acceptors (Lipinski definition) is 2. The van der Waals surface area contributed by atoms with Crippen LogP contribution < -0.4 is 10.2 Å². The van der Waals surface area contributed by atoms with E-state index in [0.717, 1.165) is 13.1 Å². The van der Waals surface area contributed by atoms with Gasteiger partial charge in [0.05, 0.1) is 0 Å². The maximum Gasteiger partial charge on any atom is 0.0456 e. The van der Waals surface area contributed by atoms with Gasteiger partial charge in [0.1, 0.15) is 0 Å². The molecule has 1 saturated heterocycles. The van der Waals surface area contributed by atoms with Crippen LogP contribution >= 0.6 is 0 Å². The molecule has 2 nitrogen and oxygen atoms in total. The van der Waals surface area contributed by atoms with Crippen LogP contribution in [0.25, 0.3) is 0 Å². The Morgan fingerprint density at radius 3 is 3.00 bits per heavy atom. The fourth-order valence-electron chi connectivity index (χ4n) is 2.80. The second kappa shape index (κ2) is 2.99. The molecule has 80 valence electrons. The van der Waals surface area contributed by atoms with Gasteiger partial charge < -0.3 is 10.2 Å². The lowest BCUT2D eigenvalue weighted by Gasteiger charge is -2.42. The zero-order chi connectivity index (χ0) is 10.5. The average Bonchev–Trinajstić information content (AvgIpc) is 2.55. The van der Waals surface area contributed by atoms with Gasteiger partial charge in [-0.2, -0.15) is 0 Å². The molecule has 0 aliphatic carbocycles. The van der Waals surface area contributed by atoms with Crippen LogP contribution in [0.1, 0.15) is 19.4 Å². The molecule has 1 N–H and O–H groups in total. The van der Waals surface area contributed by atoms with Crippen LogP contribution in [0, 0.1) is 0 Å². The van der Waals surface area contributed by atoms with Gasteiger partial charge in [-0.3, -0.25) is 0 Å². The van der Waals surface area contributed by atoms with Gasteiger partial charge in [0, 0.05) is 30.4 Å². The molecule has 0 spiro atoms. The summed E-state index contributed by atoms with van der Waals surface area (Å²) in [5.41, 5.74) is 3.22. The summed E-state index contributed by atoms with van der Waals surface area (Å²) in [4.78, 5) is 2.58.